The molecule has 2 saturated heterocycles. The first-order valence-corrected chi connectivity index (χ1v) is 12.3. The molecule has 0 bridgehead atoms. The number of nitrogens with zero attached hydrogens (tertiary/aromatic N) is 5. The van der Waals surface area contributed by atoms with Crippen molar-refractivity contribution in [3.63, 3.8) is 0 Å². The lowest BCUT2D eigenvalue weighted by molar-refractivity contribution is 0.221. The third-order valence-electron chi connectivity index (χ3n) is 6.66. The smallest absolute Gasteiger partial charge is 0.191 e. The van der Waals surface area contributed by atoms with Gasteiger partial charge in [-0.3, -0.25) is 9.89 Å². The summed E-state index contributed by atoms with van der Waals surface area (Å²) in [6, 6.07) is 13.2. The van der Waals surface area contributed by atoms with Crippen LogP contribution in [0.3, 0.4) is 0 Å². The van der Waals surface area contributed by atoms with Crippen LogP contribution in [0.25, 0.3) is 0 Å². The number of anilines is 1. The van der Waals surface area contributed by atoms with Crippen LogP contribution in [0.4, 0.5) is 5.82 Å². The van der Waals surface area contributed by atoms with Crippen LogP contribution in [0.15, 0.2) is 47.6 Å². The number of piperazine rings is 1. The Hall–Kier alpha value is -2.64. The van der Waals surface area contributed by atoms with Gasteiger partial charge in [0.1, 0.15) is 5.82 Å². The van der Waals surface area contributed by atoms with Gasteiger partial charge in [-0.15, -0.1) is 0 Å². The summed E-state index contributed by atoms with van der Waals surface area (Å²) in [6.07, 6.45) is 5.97. The molecule has 1 aromatic heterocycles. The monoisotopic (exact) mass is 449 g/mol. The van der Waals surface area contributed by atoms with Crippen LogP contribution in [0.5, 0.6) is 0 Å². The van der Waals surface area contributed by atoms with E-state index in [0.29, 0.717) is 0 Å². The van der Waals surface area contributed by atoms with Crippen LogP contribution in [0, 0.1) is 0 Å². The summed E-state index contributed by atoms with van der Waals surface area (Å²) >= 11 is 0. The molecule has 2 aliphatic heterocycles. The molecular formula is C26H39N7. The van der Waals surface area contributed by atoms with Crippen LogP contribution >= 0.6 is 0 Å². The number of aromatic nitrogens is 1. The van der Waals surface area contributed by atoms with E-state index < -0.39 is 0 Å². The lowest BCUT2D eigenvalue weighted by atomic mass is 10.1. The van der Waals surface area contributed by atoms with E-state index in [1.807, 2.05) is 13.2 Å². The van der Waals surface area contributed by atoms with Gasteiger partial charge in [0.15, 0.2) is 5.96 Å². The van der Waals surface area contributed by atoms with Crippen molar-refractivity contribution in [1.82, 2.24) is 25.4 Å². The number of hydrogen-bond acceptors (Lipinski definition) is 5. The molecule has 178 valence electrons. The lowest BCUT2D eigenvalue weighted by Gasteiger charge is -2.33. The van der Waals surface area contributed by atoms with Crippen molar-refractivity contribution in [3.8, 4) is 0 Å². The highest BCUT2D eigenvalue weighted by atomic mass is 15.3. The first kappa shape index (κ1) is 23.5. The molecule has 0 spiro atoms. The topological polar surface area (TPSA) is 59.0 Å². The summed E-state index contributed by atoms with van der Waals surface area (Å²) in [6.45, 7) is 9.24. The molecule has 2 aliphatic rings. The largest absolute Gasteiger partial charge is 0.354 e. The van der Waals surface area contributed by atoms with Crippen molar-refractivity contribution in [2.24, 2.45) is 4.99 Å². The molecule has 7 nitrogen and oxygen atoms in total. The van der Waals surface area contributed by atoms with Crippen LogP contribution in [0.1, 0.15) is 36.0 Å². The molecule has 4 rings (SSSR count). The van der Waals surface area contributed by atoms with E-state index >= 15 is 0 Å². The summed E-state index contributed by atoms with van der Waals surface area (Å²) < 4.78 is 0. The molecule has 0 atom stereocenters. The van der Waals surface area contributed by atoms with Crippen LogP contribution in [-0.4, -0.2) is 74.1 Å². The van der Waals surface area contributed by atoms with Gasteiger partial charge in [0.2, 0.25) is 0 Å². The molecular weight excluding hydrogens is 410 g/mol. The van der Waals surface area contributed by atoms with Crippen LogP contribution in [0.2, 0.25) is 0 Å². The number of guanidine groups is 1. The van der Waals surface area contributed by atoms with Gasteiger partial charge in [-0.05, 0) is 61.8 Å². The van der Waals surface area contributed by atoms with Crippen molar-refractivity contribution >= 4 is 11.8 Å². The van der Waals surface area contributed by atoms with Gasteiger partial charge in [0.05, 0.1) is 0 Å². The number of hydrogen-bond donors (Lipinski definition) is 2. The lowest BCUT2D eigenvalue weighted by Crippen LogP contribution is -2.44. The Morgan fingerprint density at radius 1 is 0.848 bits per heavy atom. The predicted molar refractivity (Wildman–Crippen MR) is 137 cm³/mol. The predicted octanol–water partition coefficient (Wildman–Crippen LogP) is 2.68. The second-order valence-electron chi connectivity index (χ2n) is 9.25. The molecule has 2 N–H and O–H groups in total. The molecule has 0 saturated carbocycles. The van der Waals surface area contributed by atoms with Gasteiger partial charge in [-0.1, -0.05) is 30.7 Å². The molecule has 1 aromatic carbocycles. The fourth-order valence-electron chi connectivity index (χ4n) is 4.51. The zero-order valence-corrected chi connectivity index (χ0v) is 20.3. The maximum Gasteiger partial charge on any atom is 0.191 e. The highest BCUT2D eigenvalue weighted by molar-refractivity contribution is 5.79. The fraction of sp³-hybridized carbons (Fsp3) is 0.538. The highest BCUT2D eigenvalue weighted by Gasteiger charge is 2.15. The minimum atomic E-state index is 0.720. The Balaban J connectivity index is 1.23. The Morgan fingerprint density at radius 3 is 2.21 bits per heavy atom. The fourth-order valence-corrected chi connectivity index (χ4v) is 4.51. The molecule has 7 heteroatoms. The normalized spacial score (nSPS) is 18.4. The maximum absolute atomic E-state index is 4.59. The van der Waals surface area contributed by atoms with E-state index in [1.54, 1.807) is 0 Å². The number of rotatable bonds is 7. The third kappa shape index (κ3) is 7.17. The van der Waals surface area contributed by atoms with Crippen LogP contribution < -0.4 is 15.5 Å². The number of likely N-dealkylation sites (N-methyl/N-ethyl adjacent to an activating group) is 1. The van der Waals surface area contributed by atoms with Gasteiger partial charge in [-0.2, -0.15) is 0 Å². The molecule has 33 heavy (non-hydrogen) atoms. The first-order chi connectivity index (χ1) is 16.2. The van der Waals surface area contributed by atoms with E-state index in [1.165, 1.54) is 49.0 Å². The van der Waals surface area contributed by atoms with Gasteiger partial charge >= 0.3 is 0 Å². The first-order valence-electron chi connectivity index (χ1n) is 12.3. The second kappa shape index (κ2) is 12.0. The number of pyridine rings is 1. The van der Waals surface area contributed by atoms with Crippen molar-refractivity contribution < 1.29 is 0 Å². The van der Waals surface area contributed by atoms with Gasteiger partial charge in [0.25, 0.3) is 0 Å². The van der Waals surface area contributed by atoms with E-state index in [-0.39, 0.29) is 0 Å². The number of nitrogens with one attached hydrogen (secondary N) is 2. The molecule has 0 radical (unpaired) electrons. The van der Waals surface area contributed by atoms with Crippen molar-refractivity contribution in [3.05, 3.63) is 59.3 Å². The zero-order valence-electron chi connectivity index (χ0n) is 20.3. The summed E-state index contributed by atoms with van der Waals surface area (Å²) in [5.41, 5.74) is 3.88. The SMILES string of the molecule is CN=C(NCc1ccc(CN2CCCCC2)cc1)NCc1ccnc(N2CCN(C)CC2)c1. The molecule has 0 aliphatic carbocycles. The number of piperidine rings is 1. The average molecular weight is 450 g/mol. The van der Waals surface area contributed by atoms with Gasteiger partial charge < -0.3 is 20.4 Å². The summed E-state index contributed by atoms with van der Waals surface area (Å²) in [4.78, 5) is 16.3. The second-order valence-corrected chi connectivity index (χ2v) is 9.25. The van der Waals surface area contributed by atoms with Crippen LogP contribution in [-0.2, 0) is 19.6 Å². The number of likely N-dealkylation sites (tertiary alicyclic amines) is 1. The molecule has 0 amide bonds. The summed E-state index contributed by atoms with van der Waals surface area (Å²) in [5.74, 6) is 1.88. The standard InChI is InChI=1S/C26H39N7/c1-27-26(29-19-22-6-8-23(9-7-22)21-32-12-4-3-5-13-32)30-20-24-10-11-28-25(18-24)33-16-14-31(2)15-17-33/h6-11,18H,3-5,12-17,19-21H2,1-2H3,(H2,27,29,30). The summed E-state index contributed by atoms with van der Waals surface area (Å²) in [7, 11) is 3.99. The minimum Gasteiger partial charge on any atom is -0.354 e. The molecule has 2 fully saturated rings. The Morgan fingerprint density at radius 2 is 1.52 bits per heavy atom. The van der Waals surface area contributed by atoms with E-state index in [4.69, 9.17) is 0 Å². The van der Waals surface area contributed by atoms with Crippen molar-refractivity contribution in [2.45, 2.75) is 38.9 Å². The molecule has 2 aromatic rings. The quantitative estimate of drug-likeness (QED) is 0.501. The number of benzene rings is 1. The Kier molecular flexibility index (Phi) is 8.55. The maximum atomic E-state index is 4.59. The minimum absolute atomic E-state index is 0.720. The van der Waals surface area contributed by atoms with Gasteiger partial charge in [0, 0.05) is 59.1 Å². The zero-order chi connectivity index (χ0) is 22.9. The molecule has 3 heterocycles. The highest BCUT2D eigenvalue weighted by Crippen LogP contribution is 2.15. The van der Waals surface area contributed by atoms with E-state index in [2.05, 4.69) is 78.8 Å². The summed E-state index contributed by atoms with van der Waals surface area (Å²) in [5, 5.41) is 6.87. The molecule has 0 unspecified atom stereocenters. The van der Waals surface area contributed by atoms with Gasteiger partial charge in [-0.25, -0.2) is 4.98 Å². The van der Waals surface area contributed by atoms with E-state index in [0.717, 1.165) is 57.6 Å². The Labute approximate surface area is 198 Å². The number of aliphatic imine (C=N–C) groups is 1. The third-order valence-corrected chi connectivity index (χ3v) is 6.66. The van der Waals surface area contributed by atoms with Crippen molar-refractivity contribution in [2.75, 3.05) is 58.3 Å². The average Bonchev–Trinajstić information content (AvgIpc) is 2.86. The van der Waals surface area contributed by atoms with Crippen molar-refractivity contribution in [1.29, 1.82) is 0 Å². The Bertz CT molecular complexity index is 882. The van der Waals surface area contributed by atoms with E-state index in [9.17, 15) is 0 Å².